The third-order valence-corrected chi connectivity index (χ3v) is 7.03. The summed E-state index contributed by atoms with van der Waals surface area (Å²) in [5.74, 6) is -0.556. The van der Waals surface area contributed by atoms with Crippen molar-refractivity contribution in [3.63, 3.8) is 0 Å². The van der Waals surface area contributed by atoms with Crippen LogP contribution in [0.1, 0.15) is 16.7 Å². The van der Waals surface area contributed by atoms with E-state index in [4.69, 9.17) is 0 Å². The lowest BCUT2D eigenvalue weighted by Crippen LogP contribution is -2.39. The van der Waals surface area contributed by atoms with Gasteiger partial charge in [-0.1, -0.05) is 69.5 Å². The predicted octanol–water partition coefficient (Wildman–Crippen LogP) is 4.41. The van der Waals surface area contributed by atoms with Crippen LogP contribution in [-0.2, 0) is 14.8 Å². The van der Waals surface area contributed by atoms with Gasteiger partial charge < -0.3 is 0 Å². The topological polar surface area (TPSA) is 78.8 Å². The lowest BCUT2D eigenvalue weighted by molar-refractivity contribution is -0.119. The molecule has 3 aromatic carbocycles. The smallest absolute Gasteiger partial charge is 0.264 e. The van der Waals surface area contributed by atoms with E-state index in [9.17, 15) is 13.2 Å². The minimum absolute atomic E-state index is 0.114. The van der Waals surface area contributed by atoms with E-state index in [1.54, 1.807) is 36.4 Å². The maximum atomic E-state index is 13.3. The summed E-state index contributed by atoms with van der Waals surface area (Å²) in [6, 6.07) is 20.9. The highest BCUT2D eigenvalue weighted by Crippen LogP contribution is 2.24. The number of sulfonamides is 1. The average Bonchev–Trinajstić information content (AvgIpc) is 2.74. The summed E-state index contributed by atoms with van der Waals surface area (Å²) < 4.78 is 28.5. The van der Waals surface area contributed by atoms with Crippen LogP contribution in [0.4, 0.5) is 5.69 Å². The molecule has 0 radical (unpaired) electrons. The summed E-state index contributed by atoms with van der Waals surface area (Å²) in [6.45, 7) is 3.38. The minimum Gasteiger partial charge on any atom is -0.271 e. The van der Waals surface area contributed by atoms with Gasteiger partial charge in [0.05, 0.1) is 16.8 Å². The molecule has 0 aromatic heterocycles. The first-order chi connectivity index (χ1) is 14.8. The second-order valence-electron chi connectivity index (χ2n) is 6.97. The Bertz CT molecular complexity index is 1190. The normalized spacial score (nSPS) is 11.5. The second-order valence-corrected chi connectivity index (χ2v) is 9.69. The number of carbonyl (C=O) groups is 1. The summed E-state index contributed by atoms with van der Waals surface area (Å²) in [5, 5.41) is 3.95. The molecule has 0 aliphatic carbocycles. The monoisotopic (exact) mass is 499 g/mol. The zero-order valence-electron chi connectivity index (χ0n) is 17.1. The number of anilines is 1. The van der Waals surface area contributed by atoms with Crippen molar-refractivity contribution in [3.8, 4) is 0 Å². The number of rotatable bonds is 7. The molecule has 0 atom stereocenters. The van der Waals surface area contributed by atoms with Crippen LogP contribution in [-0.4, -0.2) is 27.1 Å². The number of amides is 1. The molecule has 0 unspecified atom stereocenters. The van der Waals surface area contributed by atoms with Crippen molar-refractivity contribution < 1.29 is 13.2 Å². The van der Waals surface area contributed by atoms with Gasteiger partial charge in [0.1, 0.15) is 6.54 Å². The molecule has 0 aliphatic rings. The third-order valence-electron chi connectivity index (χ3n) is 4.52. The average molecular weight is 500 g/mol. The van der Waals surface area contributed by atoms with E-state index >= 15 is 0 Å². The zero-order valence-corrected chi connectivity index (χ0v) is 19.5. The number of carbonyl (C=O) groups excluding carboxylic acids is 1. The Balaban J connectivity index is 1.84. The summed E-state index contributed by atoms with van der Waals surface area (Å²) in [5.41, 5.74) is 5.52. The fourth-order valence-electron chi connectivity index (χ4n) is 2.78. The fraction of sp³-hybridized carbons (Fsp3) is 0.130. The van der Waals surface area contributed by atoms with E-state index in [0.29, 0.717) is 5.69 Å². The molecule has 0 spiro atoms. The van der Waals surface area contributed by atoms with Crippen molar-refractivity contribution in [2.45, 2.75) is 18.7 Å². The van der Waals surface area contributed by atoms with Gasteiger partial charge in [-0.15, -0.1) is 0 Å². The Hall–Kier alpha value is -2.97. The molecule has 0 saturated carbocycles. The predicted molar refractivity (Wildman–Crippen MR) is 127 cm³/mol. The molecule has 0 bridgehead atoms. The van der Waals surface area contributed by atoms with Crippen LogP contribution in [0.2, 0.25) is 0 Å². The number of nitrogens with one attached hydrogen (secondary N) is 1. The molecule has 0 saturated heterocycles. The molecule has 0 fully saturated rings. The highest BCUT2D eigenvalue weighted by atomic mass is 79.9. The summed E-state index contributed by atoms with van der Waals surface area (Å²) in [7, 11) is -3.95. The Kier molecular flexibility index (Phi) is 7.25. The molecule has 1 amide bonds. The second kappa shape index (κ2) is 9.89. The van der Waals surface area contributed by atoms with Crippen molar-refractivity contribution in [2.75, 3.05) is 10.8 Å². The van der Waals surface area contributed by atoms with E-state index < -0.39 is 22.5 Å². The van der Waals surface area contributed by atoms with Crippen LogP contribution < -0.4 is 9.73 Å². The molecule has 0 heterocycles. The Morgan fingerprint density at radius 1 is 0.968 bits per heavy atom. The van der Waals surface area contributed by atoms with E-state index in [-0.39, 0.29) is 4.90 Å². The van der Waals surface area contributed by atoms with Crippen molar-refractivity contribution in [1.29, 1.82) is 0 Å². The molecular formula is C23H22BrN3O3S. The van der Waals surface area contributed by atoms with Crippen LogP contribution >= 0.6 is 15.9 Å². The number of hydrazone groups is 1. The third kappa shape index (κ3) is 5.80. The Morgan fingerprint density at radius 2 is 1.55 bits per heavy atom. The largest absolute Gasteiger partial charge is 0.271 e. The lowest BCUT2D eigenvalue weighted by atomic mass is 10.2. The Labute approximate surface area is 190 Å². The van der Waals surface area contributed by atoms with E-state index in [2.05, 4.69) is 26.5 Å². The van der Waals surface area contributed by atoms with Crippen LogP contribution in [0.5, 0.6) is 0 Å². The molecule has 3 aromatic rings. The molecule has 3 rings (SSSR count). The van der Waals surface area contributed by atoms with Gasteiger partial charge in [0.25, 0.3) is 15.9 Å². The highest BCUT2D eigenvalue weighted by molar-refractivity contribution is 9.10. The van der Waals surface area contributed by atoms with E-state index in [1.165, 1.54) is 18.3 Å². The molecule has 8 heteroatoms. The first-order valence-corrected chi connectivity index (χ1v) is 11.7. The highest BCUT2D eigenvalue weighted by Gasteiger charge is 2.27. The van der Waals surface area contributed by atoms with Gasteiger partial charge in [0.15, 0.2) is 0 Å². The maximum Gasteiger partial charge on any atom is 0.264 e. The number of benzene rings is 3. The van der Waals surface area contributed by atoms with E-state index in [1.807, 2.05) is 38.1 Å². The number of nitrogens with zero attached hydrogens (tertiary/aromatic N) is 2. The quantitative estimate of drug-likeness (QED) is 0.386. The molecule has 6 nitrogen and oxygen atoms in total. The van der Waals surface area contributed by atoms with Gasteiger partial charge in [-0.3, -0.25) is 9.10 Å². The standard InChI is InChI=1S/C23H22BrN3O3S/c1-17-7-11-20(12-8-17)27(31(29,30)21-13-9-18(2)10-14-21)16-23(28)26-25-15-19-5-3-4-6-22(19)24/h3-15H,16H2,1-2H3,(H,26,28)/b25-15+. The summed E-state index contributed by atoms with van der Waals surface area (Å²) in [6.07, 6.45) is 1.49. The zero-order chi connectivity index (χ0) is 22.4. The van der Waals surface area contributed by atoms with Gasteiger partial charge in [0, 0.05) is 10.0 Å². The van der Waals surface area contributed by atoms with Crippen molar-refractivity contribution in [2.24, 2.45) is 5.10 Å². The number of hydrogen-bond acceptors (Lipinski definition) is 4. The fourth-order valence-corrected chi connectivity index (χ4v) is 4.59. The summed E-state index contributed by atoms with van der Waals surface area (Å²) in [4.78, 5) is 12.7. The maximum absolute atomic E-state index is 13.3. The van der Waals surface area contributed by atoms with Crippen LogP contribution in [0.25, 0.3) is 0 Å². The number of aryl methyl sites for hydroxylation is 2. The first-order valence-electron chi connectivity index (χ1n) is 9.50. The summed E-state index contributed by atoms with van der Waals surface area (Å²) >= 11 is 3.41. The van der Waals surface area contributed by atoms with Crippen LogP contribution in [0, 0.1) is 13.8 Å². The number of halogens is 1. The van der Waals surface area contributed by atoms with Crippen LogP contribution in [0.15, 0.2) is 87.3 Å². The van der Waals surface area contributed by atoms with Gasteiger partial charge in [0.2, 0.25) is 0 Å². The van der Waals surface area contributed by atoms with Crippen LogP contribution in [0.3, 0.4) is 0 Å². The van der Waals surface area contributed by atoms with Gasteiger partial charge in [-0.25, -0.2) is 13.8 Å². The molecule has 31 heavy (non-hydrogen) atoms. The SMILES string of the molecule is Cc1ccc(N(CC(=O)N/N=C/c2ccccc2Br)S(=O)(=O)c2ccc(C)cc2)cc1. The minimum atomic E-state index is -3.95. The van der Waals surface area contributed by atoms with Crippen molar-refractivity contribution in [1.82, 2.24) is 5.43 Å². The molecular weight excluding hydrogens is 478 g/mol. The number of hydrogen-bond donors (Lipinski definition) is 1. The molecule has 1 N–H and O–H groups in total. The first kappa shape index (κ1) is 22.7. The molecule has 0 aliphatic heterocycles. The van der Waals surface area contributed by atoms with Gasteiger partial charge in [-0.05, 0) is 44.2 Å². The van der Waals surface area contributed by atoms with Gasteiger partial charge in [-0.2, -0.15) is 5.10 Å². The lowest BCUT2D eigenvalue weighted by Gasteiger charge is -2.24. The van der Waals surface area contributed by atoms with Crippen molar-refractivity contribution >= 4 is 43.8 Å². The Morgan fingerprint density at radius 3 is 2.16 bits per heavy atom. The van der Waals surface area contributed by atoms with E-state index in [0.717, 1.165) is 25.5 Å². The molecule has 160 valence electrons. The van der Waals surface area contributed by atoms with Crippen molar-refractivity contribution in [3.05, 3.63) is 94.0 Å². The van der Waals surface area contributed by atoms with Gasteiger partial charge >= 0.3 is 0 Å².